The molecule has 0 saturated carbocycles. The van der Waals surface area contributed by atoms with Gasteiger partial charge in [-0.1, -0.05) is 12.1 Å². The van der Waals surface area contributed by atoms with E-state index in [1.807, 2.05) is 41.1 Å². The van der Waals surface area contributed by atoms with Gasteiger partial charge in [0.15, 0.2) is 0 Å². The first-order chi connectivity index (χ1) is 12.3. The molecule has 0 atom stereocenters. The standard InChI is InChI=1S/C19H20N4O2/c1-25-18-13-20-8-6-17(18)15-4-2-5-16(12-15)19(24)22-7-3-10-23-11-9-21-14-23/h2,4-6,8-9,11-14H,3,7,10H2,1H3,(H,22,24). The van der Waals surface area contributed by atoms with Crippen LogP contribution in [0.1, 0.15) is 16.8 Å². The minimum absolute atomic E-state index is 0.0829. The maximum absolute atomic E-state index is 12.4. The Balaban J connectivity index is 1.63. The molecule has 0 saturated heterocycles. The van der Waals surface area contributed by atoms with E-state index in [9.17, 15) is 4.79 Å². The van der Waals surface area contributed by atoms with Crippen LogP contribution in [-0.4, -0.2) is 34.1 Å². The summed E-state index contributed by atoms with van der Waals surface area (Å²) >= 11 is 0. The van der Waals surface area contributed by atoms with Crippen LogP contribution in [0.2, 0.25) is 0 Å². The van der Waals surface area contributed by atoms with Crippen molar-refractivity contribution in [3.05, 3.63) is 67.0 Å². The summed E-state index contributed by atoms with van der Waals surface area (Å²) in [6, 6.07) is 9.37. The molecule has 0 aliphatic carbocycles. The van der Waals surface area contributed by atoms with Gasteiger partial charge in [-0.15, -0.1) is 0 Å². The van der Waals surface area contributed by atoms with E-state index in [1.54, 1.807) is 32.0 Å². The van der Waals surface area contributed by atoms with Crippen molar-refractivity contribution in [1.82, 2.24) is 19.9 Å². The van der Waals surface area contributed by atoms with E-state index in [0.29, 0.717) is 17.9 Å². The second-order valence-corrected chi connectivity index (χ2v) is 5.57. The zero-order chi connectivity index (χ0) is 17.5. The molecular weight excluding hydrogens is 316 g/mol. The van der Waals surface area contributed by atoms with Gasteiger partial charge in [0.2, 0.25) is 0 Å². The van der Waals surface area contributed by atoms with Crippen molar-refractivity contribution in [3.63, 3.8) is 0 Å². The molecule has 1 amide bonds. The Morgan fingerprint density at radius 3 is 2.96 bits per heavy atom. The zero-order valence-electron chi connectivity index (χ0n) is 14.1. The van der Waals surface area contributed by atoms with Crippen molar-refractivity contribution in [3.8, 4) is 16.9 Å². The van der Waals surface area contributed by atoms with Crippen molar-refractivity contribution in [2.75, 3.05) is 13.7 Å². The van der Waals surface area contributed by atoms with Gasteiger partial charge in [0.05, 0.1) is 19.6 Å². The quantitative estimate of drug-likeness (QED) is 0.674. The first-order valence-corrected chi connectivity index (χ1v) is 8.10. The number of hydrogen-bond donors (Lipinski definition) is 1. The van der Waals surface area contributed by atoms with Gasteiger partial charge in [0.1, 0.15) is 5.75 Å². The third-order valence-electron chi connectivity index (χ3n) is 3.88. The molecule has 1 aromatic carbocycles. The molecule has 0 spiro atoms. The van der Waals surface area contributed by atoms with Crippen LogP contribution in [-0.2, 0) is 6.54 Å². The lowest BCUT2D eigenvalue weighted by Gasteiger charge is -2.10. The second-order valence-electron chi connectivity index (χ2n) is 5.57. The smallest absolute Gasteiger partial charge is 0.251 e. The number of rotatable bonds is 7. The van der Waals surface area contributed by atoms with Crippen LogP contribution in [0.15, 0.2) is 61.4 Å². The van der Waals surface area contributed by atoms with Crippen molar-refractivity contribution in [2.45, 2.75) is 13.0 Å². The van der Waals surface area contributed by atoms with E-state index >= 15 is 0 Å². The van der Waals surface area contributed by atoms with E-state index in [0.717, 1.165) is 24.1 Å². The van der Waals surface area contributed by atoms with E-state index in [1.165, 1.54) is 0 Å². The van der Waals surface area contributed by atoms with Gasteiger partial charge >= 0.3 is 0 Å². The predicted octanol–water partition coefficient (Wildman–Crippen LogP) is 2.77. The fourth-order valence-corrected chi connectivity index (χ4v) is 2.59. The highest BCUT2D eigenvalue weighted by atomic mass is 16.5. The average Bonchev–Trinajstić information content (AvgIpc) is 3.18. The van der Waals surface area contributed by atoms with Gasteiger partial charge in [-0.25, -0.2) is 4.98 Å². The third-order valence-corrected chi connectivity index (χ3v) is 3.88. The Morgan fingerprint density at radius 1 is 1.24 bits per heavy atom. The maximum Gasteiger partial charge on any atom is 0.251 e. The largest absolute Gasteiger partial charge is 0.494 e. The van der Waals surface area contributed by atoms with Crippen LogP contribution in [0.5, 0.6) is 5.75 Å². The number of ether oxygens (including phenoxy) is 1. The minimum atomic E-state index is -0.0829. The number of aromatic nitrogens is 3. The number of carbonyl (C=O) groups is 1. The van der Waals surface area contributed by atoms with Crippen LogP contribution in [0.3, 0.4) is 0 Å². The number of hydrogen-bond acceptors (Lipinski definition) is 4. The predicted molar refractivity (Wildman–Crippen MR) is 95.4 cm³/mol. The maximum atomic E-state index is 12.4. The summed E-state index contributed by atoms with van der Waals surface area (Å²) in [5, 5.41) is 2.95. The van der Waals surface area contributed by atoms with Crippen molar-refractivity contribution in [1.29, 1.82) is 0 Å². The van der Waals surface area contributed by atoms with Crippen molar-refractivity contribution in [2.24, 2.45) is 0 Å². The highest BCUT2D eigenvalue weighted by Gasteiger charge is 2.09. The summed E-state index contributed by atoms with van der Waals surface area (Å²) in [5.41, 5.74) is 2.46. The average molecular weight is 336 g/mol. The van der Waals surface area contributed by atoms with Crippen molar-refractivity contribution >= 4 is 5.91 Å². The van der Waals surface area contributed by atoms with Gasteiger partial charge in [-0.2, -0.15) is 0 Å². The lowest BCUT2D eigenvalue weighted by molar-refractivity contribution is 0.0953. The molecule has 128 valence electrons. The van der Waals surface area contributed by atoms with Crippen LogP contribution >= 0.6 is 0 Å². The molecule has 3 rings (SSSR count). The molecule has 2 aromatic heterocycles. The number of benzene rings is 1. The van der Waals surface area contributed by atoms with E-state index in [-0.39, 0.29) is 5.91 Å². The monoisotopic (exact) mass is 336 g/mol. The van der Waals surface area contributed by atoms with Crippen LogP contribution < -0.4 is 10.1 Å². The molecule has 0 bridgehead atoms. The summed E-state index contributed by atoms with van der Waals surface area (Å²) in [5.74, 6) is 0.598. The molecule has 1 N–H and O–H groups in total. The number of aryl methyl sites for hydroxylation is 1. The zero-order valence-corrected chi connectivity index (χ0v) is 14.1. The van der Waals surface area contributed by atoms with Crippen LogP contribution in [0.4, 0.5) is 0 Å². The van der Waals surface area contributed by atoms with Gasteiger partial charge in [0.25, 0.3) is 5.91 Å². The van der Waals surface area contributed by atoms with Gasteiger partial charge in [-0.05, 0) is 30.2 Å². The highest BCUT2D eigenvalue weighted by Crippen LogP contribution is 2.29. The molecule has 2 heterocycles. The molecule has 3 aromatic rings. The number of methoxy groups -OCH3 is 1. The Hall–Kier alpha value is -3.15. The highest BCUT2D eigenvalue weighted by molar-refractivity contribution is 5.95. The van der Waals surface area contributed by atoms with Gasteiger partial charge in [-0.3, -0.25) is 9.78 Å². The second kappa shape index (κ2) is 8.10. The SMILES string of the molecule is COc1cnccc1-c1cccc(C(=O)NCCCn2ccnc2)c1. The molecule has 25 heavy (non-hydrogen) atoms. The molecule has 0 aliphatic rings. The molecule has 6 nitrogen and oxygen atoms in total. The molecule has 0 aliphatic heterocycles. The summed E-state index contributed by atoms with van der Waals surface area (Å²) < 4.78 is 7.33. The summed E-state index contributed by atoms with van der Waals surface area (Å²) in [7, 11) is 1.61. The molecule has 0 unspecified atom stereocenters. The fraction of sp³-hybridized carbons (Fsp3) is 0.211. The first-order valence-electron chi connectivity index (χ1n) is 8.10. The van der Waals surface area contributed by atoms with E-state index in [4.69, 9.17) is 4.74 Å². The summed E-state index contributed by atoms with van der Waals surface area (Å²) in [4.78, 5) is 20.4. The number of amides is 1. The third kappa shape index (κ3) is 4.23. The Bertz CT molecular complexity index is 831. The summed E-state index contributed by atoms with van der Waals surface area (Å²) in [6.07, 6.45) is 9.65. The molecule has 0 radical (unpaired) electrons. The van der Waals surface area contributed by atoms with Crippen molar-refractivity contribution < 1.29 is 9.53 Å². The first kappa shape index (κ1) is 16.7. The topological polar surface area (TPSA) is 69.0 Å². The van der Waals surface area contributed by atoms with Crippen LogP contribution in [0, 0.1) is 0 Å². The van der Waals surface area contributed by atoms with E-state index < -0.39 is 0 Å². The Morgan fingerprint density at radius 2 is 2.16 bits per heavy atom. The van der Waals surface area contributed by atoms with E-state index in [2.05, 4.69) is 15.3 Å². The summed E-state index contributed by atoms with van der Waals surface area (Å²) in [6.45, 7) is 1.44. The molecule has 0 fully saturated rings. The molecule has 6 heteroatoms. The number of imidazole rings is 1. The van der Waals surface area contributed by atoms with Gasteiger partial charge in [0, 0.05) is 42.8 Å². The van der Waals surface area contributed by atoms with Crippen LogP contribution in [0.25, 0.3) is 11.1 Å². The van der Waals surface area contributed by atoms with Gasteiger partial charge < -0.3 is 14.6 Å². The lowest BCUT2D eigenvalue weighted by Crippen LogP contribution is -2.25. The fourth-order valence-electron chi connectivity index (χ4n) is 2.59. The number of carbonyl (C=O) groups excluding carboxylic acids is 1. The number of pyridine rings is 1. The number of nitrogens with zero attached hydrogens (tertiary/aromatic N) is 3. The molecular formula is C19H20N4O2. The minimum Gasteiger partial charge on any atom is -0.494 e. The Labute approximate surface area is 146 Å². The number of nitrogens with one attached hydrogen (secondary N) is 1. The normalized spacial score (nSPS) is 10.4. The Kier molecular flexibility index (Phi) is 5.41. The lowest BCUT2D eigenvalue weighted by atomic mass is 10.0.